The van der Waals surface area contributed by atoms with E-state index in [1.165, 1.54) is 0 Å². The zero-order chi connectivity index (χ0) is 8.43. The third-order valence-electron chi connectivity index (χ3n) is 1.79. The molecule has 0 spiro atoms. The fourth-order valence-electron chi connectivity index (χ4n) is 1.13. The minimum Gasteiger partial charge on any atom is -0.481 e. The van der Waals surface area contributed by atoms with Crippen molar-refractivity contribution in [2.75, 3.05) is 6.61 Å². The van der Waals surface area contributed by atoms with Gasteiger partial charge in [-0.05, 0) is 0 Å². The van der Waals surface area contributed by atoms with Gasteiger partial charge in [-0.25, -0.2) is 0 Å². The first-order valence-corrected chi connectivity index (χ1v) is 3.38. The molecule has 4 N–H and O–H groups in total. The van der Waals surface area contributed by atoms with E-state index in [9.17, 15) is 4.79 Å². The Kier molecular flexibility index (Phi) is 2.43. The predicted octanol–water partition coefficient (Wildman–Crippen LogP) is -1.25. The number of carboxylic acids is 1. The van der Waals surface area contributed by atoms with Crippen LogP contribution in [0.1, 0.15) is 6.42 Å². The lowest BCUT2D eigenvalue weighted by molar-refractivity contribution is -0.139. The maximum absolute atomic E-state index is 10.2. The van der Waals surface area contributed by atoms with E-state index in [0.717, 1.165) is 0 Å². The molecule has 5 heteroatoms. The summed E-state index contributed by atoms with van der Waals surface area (Å²) in [6, 6.07) is 0. The third kappa shape index (κ3) is 1.89. The lowest BCUT2D eigenvalue weighted by atomic mass is 10.0. The largest absolute Gasteiger partial charge is 0.481 e. The van der Waals surface area contributed by atoms with Crippen LogP contribution in [0.2, 0.25) is 0 Å². The van der Waals surface area contributed by atoms with Crippen LogP contribution >= 0.6 is 0 Å². The maximum Gasteiger partial charge on any atom is 0.303 e. The second-order valence-corrected chi connectivity index (χ2v) is 2.63. The molecule has 1 heterocycles. The Balaban J connectivity index is 2.47. The molecule has 1 unspecified atom stereocenters. The molecule has 0 aliphatic carbocycles. The summed E-state index contributed by atoms with van der Waals surface area (Å²) < 4.78 is 4.84. The van der Waals surface area contributed by atoms with Crippen LogP contribution in [0, 0.1) is 5.92 Å². The summed E-state index contributed by atoms with van der Waals surface area (Å²) in [5.41, 5.74) is 5.37. The first-order valence-electron chi connectivity index (χ1n) is 3.38. The molecule has 0 aromatic rings. The van der Waals surface area contributed by atoms with E-state index in [0.29, 0.717) is 0 Å². The Bertz CT molecular complexity index is 151. The summed E-state index contributed by atoms with van der Waals surface area (Å²) in [7, 11) is 0. The third-order valence-corrected chi connectivity index (χ3v) is 1.79. The number of aliphatic hydroxyl groups excluding tert-OH is 1. The zero-order valence-electron chi connectivity index (χ0n) is 5.93. The van der Waals surface area contributed by atoms with Crippen LogP contribution in [-0.2, 0) is 9.53 Å². The van der Waals surface area contributed by atoms with Gasteiger partial charge in [0, 0.05) is 5.92 Å². The molecule has 1 fully saturated rings. The van der Waals surface area contributed by atoms with Gasteiger partial charge in [0.05, 0.1) is 19.1 Å². The summed E-state index contributed by atoms with van der Waals surface area (Å²) in [6.45, 7) is 0.138. The highest BCUT2D eigenvalue weighted by Crippen LogP contribution is 2.20. The highest BCUT2D eigenvalue weighted by Gasteiger charge is 2.34. The number of hydrogen-bond acceptors (Lipinski definition) is 4. The highest BCUT2D eigenvalue weighted by molar-refractivity contribution is 5.67. The molecular formula is C6H11NO4. The Labute approximate surface area is 63.8 Å². The number of nitrogens with two attached hydrogens (primary N) is 1. The molecule has 0 saturated carbocycles. The summed E-state index contributed by atoms with van der Waals surface area (Å²) in [6.07, 6.45) is -1.51. The molecule has 0 aromatic heterocycles. The summed E-state index contributed by atoms with van der Waals surface area (Å²) in [5.74, 6) is -1.43. The van der Waals surface area contributed by atoms with Crippen LogP contribution in [0.4, 0.5) is 0 Å². The van der Waals surface area contributed by atoms with Crippen molar-refractivity contribution in [1.82, 2.24) is 0 Å². The smallest absolute Gasteiger partial charge is 0.303 e. The van der Waals surface area contributed by atoms with Crippen molar-refractivity contribution in [2.24, 2.45) is 11.7 Å². The fraction of sp³-hybridized carbons (Fsp3) is 0.833. The summed E-state index contributed by atoms with van der Waals surface area (Å²) in [4.78, 5) is 10.2. The maximum atomic E-state index is 10.2. The lowest BCUT2D eigenvalue weighted by Gasteiger charge is -2.13. The van der Waals surface area contributed by atoms with E-state index in [1.54, 1.807) is 0 Å². The van der Waals surface area contributed by atoms with Crippen molar-refractivity contribution >= 4 is 5.97 Å². The monoisotopic (exact) mass is 161 g/mol. The van der Waals surface area contributed by atoms with Gasteiger partial charge >= 0.3 is 5.97 Å². The molecular weight excluding hydrogens is 150 g/mol. The number of hydrogen-bond donors (Lipinski definition) is 3. The lowest BCUT2D eigenvalue weighted by Crippen LogP contribution is -2.32. The number of carboxylic acid groups (broad SMARTS) is 1. The Morgan fingerprint density at radius 1 is 1.73 bits per heavy atom. The second kappa shape index (κ2) is 3.17. The van der Waals surface area contributed by atoms with Crippen molar-refractivity contribution in [1.29, 1.82) is 0 Å². The van der Waals surface area contributed by atoms with E-state index in [1.807, 2.05) is 0 Å². The number of aliphatic hydroxyl groups is 1. The number of ether oxygens (including phenoxy) is 1. The average Bonchev–Trinajstić information content (AvgIpc) is 2.18. The first kappa shape index (κ1) is 8.45. The van der Waals surface area contributed by atoms with Crippen LogP contribution in [-0.4, -0.2) is 35.1 Å². The number of carbonyl (C=O) groups is 1. The van der Waals surface area contributed by atoms with Crippen LogP contribution in [0.25, 0.3) is 0 Å². The van der Waals surface area contributed by atoms with Crippen LogP contribution in [0.15, 0.2) is 0 Å². The molecule has 1 saturated heterocycles. The predicted molar refractivity (Wildman–Crippen MR) is 35.7 cm³/mol. The minimum atomic E-state index is -0.963. The molecule has 1 aliphatic heterocycles. The van der Waals surface area contributed by atoms with Crippen molar-refractivity contribution in [3.05, 3.63) is 0 Å². The van der Waals surface area contributed by atoms with Crippen molar-refractivity contribution in [2.45, 2.75) is 18.8 Å². The molecule has 0 amide bonds. The van der Waals surface area contributed by atoms with E-state index >= 15 is 0 Å². The Morgan fingerprint density at radius 2 is 2.36 bits per heavy atom. The standard InChI is InChI=1S/C6H11NO4/c7-6-3(1-5(9)10)4(8)2-11-6/h3-4,6,8H,1-2,7H2,(H,9,10)/t3-,4-,6?/m1/s1. The minimum absolute atomic E-state index is 0.137. The fourth-order valence-corrected chi connectivity index (χ4v) is 1.13. The first-order chi connectivity index (χ1) is 5.11. The highest BCUT2D eigenvalue weighted by atomic mass is 16.5. The van der Waals surface area contributed by atoms with Gasteiger partial charge in [-0.3, -0.25) is 4.79 Å². The quantitative estimate of drug-likeness (QED) is 0.470. The van der Waals surface area contributed by atoms with E-state index in [-0.39, 0.29) is 13.0 Å². The number of rotatable bonds is 2. The molecule has 1 aliphatic rings. The summed E-state index contributed by atoms with van der Waals surface area (Å²) in [5, 5.41) is 17.5. The molecule has 11 heavy (non-hydrogen) atoms. The van der Waals surface area contributed by atoms with Crippen LogP contribution in [0.5, 0.6) is 0 Å². The zero-order valence-corrected chi connectivity index (χ0v) is 5.93. The SMILES string of the molecule is NC1OC[C@@H](O)[C@H]1CC(=O)O. The van der Waals surface area contributed by atoms with Gasteiger partial charge in [0.25, 0.3) is 0 Å². The molecule has 0 aromatic carbocycles. The topological polar surface area (TPSA) is 92.8 Å². The van der Waals surface area contributed by atoms with Gasteiger partial charge in [-0.15, -0.1) is 0 Å². The molecule has 64 valence electrons. The second-order valence-electron chi connectivity index (χ2n) is 2.63. The van der Waals surface area contributed by atoms with E-state index in [4.69, 9.17) is 20.7 Å². The van der Waals surface area contributed by atoms with Gasteiger partial charge in [-0.1, -0.05) is 0 Å². The van der Waals surface area contributed by atoms with E-state index in [2.05, 4.69) is 0 Å². The van der Waals surface area contributed by atoms with Crippen molar-refractivity contribution in [3.8, 4) is 0 Å². The number of aliphatic carboxylic acids is 1. The molecule has 0 bridgehead atoms. The molecule has 3 atom stereocenters. The van der Waals surface area contributed by atoms with Gasteiger partial charge in [0.1, 0.15) is 6.23 Å². The molecule has 5 nitrogen and oxygen atoms in total. The van der Waals surface area contributed by atoms with Gasteiger partial charge in [0.15, 0.2) is 0 Å². The van der Waals surface area contributed by atoms with Crippen LogP contribution in [0.3, 0.4) is 0 Å². The van der Waals surface area contributed by atoms with Gasteiger partial charge in [0.2, 0.25) is 0 Å². The summed E-state index contributed by atoms with van der Waals surface area (Å²) >= 11 is 0. The van der Waals surface area contributed by atoms with E-state index < -0.39 is 24.2 Å². The molecule has 1 rings (SSSR count). The average molecular weight is 161 g/mol. The normalized spacial score (nSPS) is 37.5. The van der Waals surface area contributed by atoms with Crippen molar-refractivity contribution < 1.29 is 19.7 Å². The van der Waals surface area contributed by atoms with Crippen LogP contribution < -0.4 is 5.73 Å². The van der Waals surface area contributed by atoms with Gasteiger partial charge < -0.3 is 20.7 Å². The Morgan fingerprint density at radius 3 is 2.73 bits per heavy atom. The molecule has 0 radical (unpaired) electrons. The van der Waals surface area contributed by atoms with Crippen molar-refractivity contribution in [3.63, 3.8) is 0 Å². The van der Waals surface area contributed by atoms with Gasteiger partial charge in [-0.2, -0.15) is 0 Å². The Hall–Kier alpha value is -0.650.